The van der Waals surface area contributed by atoms with Crippen LogP contribution in [0.4, 0.5) is 0 Å². The van der Waals surface area contributed by atoms with Crippen LogP contribution in [0.1, 0.15) is 36.8 Å². The van der Waals surface area contributed by atoms with Crippen LogP contribution in [0.3, 0.4) is 0 Å². The van der Waals surface area contributed by atoms with E-state index < -0.39 is 0 Å². The van der Waals surface area contributed by atoms with E-state index in [0.29, 0.717) is 0 Å². The molecule has 1 unspecified atom stereocenters. The lowest BCUT2D eigenvalue weighted by Gasteiger charge is -2.28. The van der Waals surface area contributed by atoms with Crippen molar-refractivity contribution in [3.63, 3.8) is 0 Å². The number of rotatable bonds is 7. The van der Waals surface area contributed by atoms with Crippen molar-refractivity contribution < 1.29 is 4.74 Å². The predicted octanol–water partition coefficient (Wildman–Crippen LogP) is 3.22. The summed E-state index contributed by atoms with van der Waals surface area (Å²) in [5.74, 6) is 1.91. The molecule has 0 aromatic heterocycles. The van der Waals surface area contributed by atoms with Crippen molar-refractivity contribution in [1.29, 1.82) is 0 Å². The van der Waals surface area contributed by atoms with Gasteiger partial charge in [-0.05, 0) is 94.9 Å². The Morgan fingerprint density at radius 2 is 2.00 bits per heavy atom. The van der Waals surface area contributed by atoms with Crippen molar-refractivity contribution in [2.75, 3.05) is 46.9 Å². The first-order valence-electron chi connectivity index (χ1n) is 9.32. The third-order valence-corrected chi connectivity index (χ3v) is 5.24. The fourth-order valence-corrected chi connectivity index (χ4v) is 3.95. The second kappa shape index (κ2) is 8.16. The minimum Gasteiger partial charge on any atom is -0.494 e. The van der Waals surface area contributed by atoms with Gasteiger partial charge in [-0.15, -0.1) is 0 Å². The molecule has 128 valence electrons. The molecule has 0 spiro atoms. The lowest BCUT2D eigenvalue weighted by Crippen LogP contribution is -2.30. The first kappa shape index (κ1) is 16.8. The van der Waals surface area contributed by atoms with E-state index in [1.165, 1.54) is 57.3 Å². The minimum absolute atomic E-state index is 0.814. The lowest BCUT2D eigenvalue weighted by molar-refractivity contribution is 0.261. The average Bonchev–Trinajstić information content (AvgIpc) is 3.04. The minimum atomic E-state index is 0.814. The Hall–Kier alpha value is -1.06. The molecule has 0 N–H and O–H groups in total. The standard InChI is InChI=1S/C20H32N2O/c1-21(2)10-5-13-23-20-9-8-18-14-17(6-7-19(18)15-20)16-22-11-3-4-12-22/h8-9,15,17H,3-7,10-14,16H2,1-2H3. The molecule has 1 aliphatic heterocycles. The Kier molecular flexibility index (Phi) is 5.96. The Bertz CT molecular complexity index is 494. The third kappa shape index (κ3) is 4.95. The van der Waals surface area contributed by atoms with Crippen LogP contribution in [0.15, 0.2) is 18.2 Å². The smallest absolute Gasteiger partial charge is 0.119 e. The normalized spacial score (nSPS) is 21.6. The molecule has 1 atom stereocenters. The highest BCUT2D eigenvalue weighted by molar-refractivity contribution is 5.37. The van der Waals surface area contributed by atoms with E-state index in [1.807, 2.05) is 0 Å². The van der Waals surface area contributed by atoms with Crippen LogP contribution in [-0.4, -0.2) is 56.7 Å². The van der Waals surface area contributed by atoms with Gasteiger partial charge in [0, 0.05) is 13.1 Å². The number of likely N-dealkylation sites (tertiary alicyclic amines) is 1. The van der Waals surface area contributed by atoms with Crippen LogP contribution in [0.5, 0.6) is 5.75 Å². The van der Waals surface area contributed by atoms with Gasteiger partial charge in [0.2, 0.25) is 0 Å². The molecule has 23 heavy (non-hydrogen) atoms. The van der Waals surface area contributed by atoms with Crippen molar-refractivity contribution in [3.05, 3.63) is 29.3 Å². The second-order valence-electron chi connectivity index (χ2n) is 7.55. The van der Waals surface area contributed by atoms with Gasteiger partial charge >= 0.3 is 0 Å². The molecule has 3 nitrogen and oxygen atoms in total. The van der Waals surface area contributed by atoms with Gasteiger partial charge in [-0.3, -0.25) is 0 Å². The molecule has 1 saturated heterocycles. The second-order valence-corrected chi connectivity index (χ2v) is 7.55. The molecule has 0 saturated carbocycles. The summed E-state index contributed by atoms with van der Waals surface area (Å²) in [5.41, 5.74) is 3.08. The zero-order valence-corrected chi connectivity index (χ0v) is 14.9. The highest BCUT2D eigenvalue weighted by Gasteiger charge is 2.22. The number of fused-ring (bicyclic) bond motifs is 1. The SMILES string of the molecule is CN(C)CCCOc1ccc2c(c1)CCC(CN1CCCC1)C2. The van der Waals surface area contributed by atoms with E-state index in [-0.39, 0.29) is 0 Å². The molecule has 1 aromatic carbocycles. The maximum atomic E-state index is 5.92. The lowest BCUT2D eigenvalue weighted by atomic mass is 9.83. The molecular weight excluding hydrogens is 284 g/mol. The summed E-state index contributed by atoms with van der Waals surface area (Å²) in [6.07, 6.45) is 7.71. The molecule has 2 aliphatic rings. The number of hydrogen-bond acceptors (Lipinski definition) is 3. The molecule has 1 aliphatic carbocycles. The van der Waals surface area contributed by atoms with Gasteiger partial charge in [-0.1, -0.05) is 6.07 Å². The maximum absolute atomic E-state index is 5.92. The summed E-state index contributed by atoms with van der Waals surface area (Å²) < 4.78 is 5.92. The van der Waals surface area contributed by atoms with Gasteiger partial charge in [0.05, 0.1) is 6.61 Å². The molecule has 0 bridgehead atoms. The third-order valence-electron chi connectivity index (χ3n) is 5.24. The van der Waals surface area contributed by atoms with E-state index in [2.05, 4.69) is 42.1 Å². The fraction of sp³-hybridized carbons (Fsp3) is 0.700. The zero-order valence-electron chi connectivity index (χ0n) is 14.9. The number of ether oxygens (including phenoxy) is 1. The Balaban J connectivity index is 1.49. The molecule has 1 fully saturated rings. The summed E-state index contributed by atoms with van der Waals surface area (Å²) in [5, 5.41) is 0. The van der Waals surface area contributed by atoms with Gasteiger partial charge in [0.25, 0.3) is 0 Å². The summed E-state index contributed by atoms with van der Waals surface area (Å²) >= 11 is 0. The van der Waals surface area contributed by atoms with Crippen LogP contribution in [-0.2, 0) is 12.8 Å². The number of hydrogen-bond donors (Lipinski definition) is 0. The Morgan fingerprint density at radius 3 is 2.78 bits per heavy atom. The van der Waals surface area contributed by atoms with E-state index in [1.54, 1.807) is 5.56 Å². The topological polar surface area (TPSA) is 15.7 Å². The molecular formula is C20H32N2O. The highest BCUT2D eigenvalue weighted by Crippen LogP contribution is 2.29. The van der Waals surface area contributed by atoms with Crippen LogP contribution in [0.25, 0.3) is 0 Å². The first-order valence-corrected chi connectivity index (χ1v) is 9.32. The van der Waals surface area contributed by atoms with Crippen molar-refractivity contribution in [3.8, 4) is 5.75 Å². The fourth-order valence-electron chi connectivity index (χ4n) is 3.95. The van der Waals surface area contributed by atoms with Crippen LogP contribution >= 0.6 is 0 Å². The van der Waals surface area contributed by atoms with E-state index >= 15 is 0 Å². The predicted molar refractivity (Wildman–Crippen MR) is 96.3 cm³/mol. The van der Waals surface area contributed by atoms with Crippen molar-refractivity contribution in [2.45, 2.75) is 38.5 Å². The maximum Gasteiger partial charge on any atom is 0.119 e. The van der Waals surface area contributed by atoms with E-state index in [4.69, 9.17) is 4.74 Å². The summed E-state index contributed by atoms with van der Waals surface area (Å²) in [6, 6.07) is 6.77. The van der Waals surface area contributed by atoms with Crippen LogP contribution in [0.2, 0.25) is 0 Å². The number of benzene rings is 1. The molecule has 1 aromatic rings. The van der Waals surface area contributed by atoms with Crippen molar-refractivity contribution in [2.24, 2.45) is 5.92 Å². The largest absolute Gasteiger partial charge is 0.494 e. The molecule has 3 rings (SSSR count). The highest BCUT2D eigenvalue weighted by atomic mass is 16.5. The summed E-state index contributed by atoms with van der Waals surface area (Å²) in [7, 11) is 4.22. The van der Waals surface area contributed by atoms with Crippen LogP contribution < -0.4 is 4.74 Å². The van der Waals surface area contributed by atoms with Gasteiger partial charge in [-0.2, -0.15) is 0 Å². The van der Waals surface area contributed by atoms with Gasteiger partial charge in [0.1, 0.15) is 5.75 Å². The Morgan fingerprint density at radius 1 is 1.17 bits per heavy atom. The number of nitrogens with zero attached hydrogens (tertiary/aromatic N) is 2. The van der Waals surface area contributed by atoms with Crippen molar-refractivity contribution in [1.82, 2.24) is 9.80 Å². The average molecular weight is 316 g/mol. The molecule has 1 heterocycles. The van der Waals surface area contributed by atoms with Gasteiger partial charge in [0.15, 0.2) is 0 Å². The first-order chi connectivity index (χ1) is 11.2. The van der Waals surface area contributed by atoms with Gasteiger partial charge in [-0.25, -0.2) is 0 Å². The quantitative estimate of drug-likeness (QED) is 0.718. The summed E-state index contributed by atoms with van der Waals surface area (Å²) in [4.78, 5) is 4.87. The number of aryl methyl sites for hydroxylation is 1. The summed E-state index contributed by atoms with van der Waals surface area (Å²) in [6.45, 7) is 5.85. The van der Waals surface area contributed by atoms with E-state index in [0.717, 1.165) is 31.2 Å². The van der Waals surface area contributed by atoms with Crippen LogP contribution in [0, 0.1) is 5.92 Å². The van der Waals surface area contributed by atoms with Crippen molar-refractivity contribution >= 4 is 0 Å². The Labute approximate surface area is 141 Å². The molecule has 3 heteroatoms. The van der Waals surface area contributed by atoms with Gasteiger partial charge < -0.3 is 14.5 Å². The molecule has 0 amide bonds. The monoisotopic (exact) mass is 316 g/mol. The zero-order chi connectivity index (χ0) is 16.1. The molecule has 0 radical (unpaired) electrons. The van der Waals surface area contributed by atoms with E-state index in [9.17, 15) is 0 Å².